The third-order valence-electron chi connectivity index (χ3n) is 0.967. The molecule has 5 nitrogen and oxygen atoms in total. The molecule has 0 heterocycles. The highest BCUT2D eigenvalue weighted by Crippen LogP contribution is 1.68. The van der Waals surface area contributed by atoms with Gasteiger partial charge in [-0.15, -0.1) is 0 Å². The van der Waals surface area contributed by atoms with Crippen LogP contribution in [0.5, 0.6) is 0 Å². The Morgan fingerprint density at radius 2 is 2.15 bits per heavy atom. The van der Waals surface area contributed by atoms with Crippen LogP contribution in [-0.4, -0.2) is 51.6 Å². The van der Waals surface area contributed by atoms with E-state index in [2.05, 4.69) is 10.1 Å². The monoisotopic (exact) mass is 193 g/mol. The van der Waals surface area contributed by atoms with Gasteiger partial charge in [-0.05, 0) is 14.0 Å². The fourth-order valence-electron chi connectivity index (χ4n) is 0.409. The van der Waals surface area contributed by atoms with Crippen molar-refractivity contribution < 1.29 is 19.4 Å². The fourth-order valence-corrected chi connectivity index (χ4v) is 0.409. The average molecular weight is 193 g/mol. The first-order chi connectivity index (χ1) is 6.33. The van der Waals surface area contributed by atoms with E-state index in [4.69, 9.17) is 9.84 Å². The molecule has 0 atom stereocenters. The van der Waals surface area contributed by atoms with Crippen LogP contribution in [0.15, 0.2) is 0 Å². The van der Waals surface area contributed by atoms with Gasteiger partial charge in [-0.25, -0.2) is 0 Å². The van der Waals surface area contributed by atoms with Crippen LogP contribution in [0.1, 0.15) is 6.92 Å². The zero-order valence-corrected chi connectivity index (χ0v) is 8.28. The molecular formula is C8H19NO4. The van der Waals surface area contributed by atoms with Crippen molar-refractivity contribution >= 4 is 6.47 Å². The molecule has 0 aliphatic heterocycles. The molecule has 0 aliphatic carbocycles. The Balaban J connectivity index is 0. The van der Waals surface area contributed by atoms with E-state index in [1.165, 1.54) is 0 Å². The Hall–Kier alpha value is -0.650. The van der Waals surface area contributed by atoms with Gasteiger partial charge in [0.15, 0.2) is 0 Å². The average Bonchev–Trinajstić information content (AvgIpc) is 2.15. The number of aliphatic hydroxyl groups excluding tert-OH is 1. The number of rotatable bonds is 7. The molecule has 0 bridgehead atoms. The summed E-state index contributed by atoms with van der Waals surface area (Å²) in [6, 6.07) is 0. The summed E-state index contributed by atoms with van der Waals surface area (Å²) in [4.78, 5) is 9.18. The summed E-state index contributed by atoms with van der Waals surface area (Å²) >= 11 is 0. The van der Waals surface area contributed by atoms with E-state index in [-0.39, 0.29) is 6.61 Å². The van der Waals surface area contributed by atoms with Crippen molar-refractivity contribution in [2.24, 2.45) is 0 Å². The lowest BCUT2D eigenvalue weighted by molar-refractivity contribution is -0.128. The number of likely N-dealkylation sites (N-methyl/N-ethyl adjacent to an activating group) is 1. The Morgan fingerprint density at radius 3 is 2.46 bits per heavy atom. The first-order valence-corrected chi connectivity index (χ1v) is 4.21. The molecule has 0 aromatic heterocycles. The van der Waals surface area contributed by atoms with E-state index in [0.29, 0.717) is 26.3 Å². The predicted octanol–water partition coefficient (Wildman–Crippen LogP) is -0.606. The summed E-state index contributed by atoms with van der Waals surface area (Å²) in [7, 11) is 1.86. The molecule has 13 heavy (non-hydrogen) atoms. The van der Waals surface area contributed by atoms with Crippen molar-refractivity contribution in [2.75, 3.05) is 40.0 Å². The van der Waals surface area contributed by atoms with E-state index in [1.54, 1.807) is 6.92 Å². The first kappa shape index (κ1) is 14.9. The number of carbonyl (C=O) groups excluding carboxylic acids is 1. The SMILES string of the molecule is CCOC=O.CNCCOCCO. The molecule has 0 radical (unpaired) electrons. The number of carbonyl (C=O) groups is 1. The van der Waals surface area contributed by atoms with Gasteiger partial charge in [-0.1, -0.05) is 0 Å². The van der Waals surface area contributed by atoms with Crippen LogP contribution in [0.25, 0.3) is 0 Å². The molecule has 5 heteroatoms. The summed E-state index contributed by atoms with van der Waals surface area (Å²) in [5, 5.41) is 11.1. The van der Waals surface area contributed by atoms with Gasteiger partial charge in [-0.3, -0.25) is 4.79 Å². The standard InChI is InChI=1S/C5H13NO2.C3H6O2/c1-6-2-4-8-5-3-7;1-2-5-3-4/h6-7H,2-5H2,1H3;3H,2H2,1H3. The van der Waals surface area contributed by atoms with Gasteiger partial charge < -0.3 is 19.9 Å². The van der Waals surface area contributed by atoms with Gasteiger partial charge >= 0.3 is 0 Å². The number of aliphatic hydroxyl groups is 1. The van der Waals surface area contributed by atoms with Gasteiger partial charge in [0.2, 0.25) is 0 Å². The lowest BCUT2D eigenvalue weighted by Gasteiger charge is -1.98. The molecule has 2 N–H and O–H groups in total. The number of hydrogen-bond acceptors (Lipinski definition) is 5. The quantitative estimate of drug-likeness (QED) is 0.417. The highest BCUT2D eigenvalue weighted by atomic mass is 16.5. The van der Waals surface area contributed by atoms with E-state index >= 15 is 0 Å². The summed E-state index contributed by atoms with van der Waals surface area (Å²) in [5.74, 6) is 0. The zero-order chi connectivity index (χ0) is 10.4. The lowest BCUT2D eigenvalue weighted by atomic mass is 10.7. The number of nitrogens with one attached hydrogen (secondary N) is 1. The van der Waals surface area contributed by atoms with Gasteiger partial charge in [-0.2, -0.15) is 0 Å². The molecule has 0 unspecified atom stereocenters. The van der Waals surface area contributed by atoms with Crippen molar-refractivity contribution in [3.05, 3.63) is 0 Å². The third kappa shape index (κ3) is 24.6. The largest absolute Gasteiger partial charge is 0.468 e. The van der Waals surface area contributed by atoms with Gasteiger partial charge in [0, 0.05) is 6.54 Å². The maximum Gasteiger partial charge on any atom is 0.293 e. The van der Waals surface area contributed by atoms with Crippen molar-refractivity contribution in [2.45, 2.75) is 6.92 Å². The Labute approximate surface area is 79.0 Å². The van der Waals surface area contributed by atoms with Gasteiger partial charge in [0.25, 0.3) is 6.47 Å². The van der Waals surface area contributed by atoms with E-state index < -0.39 is 0 Å². The second kappa shape index (κ2) is 17.4. The minimum Gasteiger partial charge on any atom is -0.468 e. The van der Waals surface area contributed by atoms with E-state index in [9.17, 15) is 4.79 Å². The van der Waals surface area contributed by atoms with Crippen LogP contribution >= 0.6 is 0 Å². The molecule has 0 spiro atoms. The van der Waals surface area contributed by atoms with Gasteiger partial charge in [0.05, 0.1) is 26.4 Å². The normalized spacial score (nSPS) is 8.54. The Bertz CT molecular complexity index is 84.2. The Morgan fingerprint density at radius 1 is 1.46 bits per heavy atom. The second-order valence-corrected chi connectivity index (χ2v) is 1.99. The summed E-state index contributed by atoms with van der Waals surface area (Å²) < 4.78 is 9.06. The van der Waals surface area contributed by atoms with Crippen LogP contribution in [0.4, 0.5) is 0 Å². The van der Waals surface area contributed by atoms with Crippen molar-refractivity contribution in [1.29, 1.82) is 0 Å². The third-order valence-corrected chi connectivity index (χ3v) is 0.967. The molecule has 0 fully saturated rings. The number of ether oxygens (including phenoxy) is 2. The topological polar surface area (TPSA) is 67.8 Å². The van der Waals surface area contributed by atoms with Crippen LogP contribution in [-0.2, 0) is 14.3 Å². The van der Waals surface area contributed by atoms with Crippen LogP contribution in [0.3, 0.4) is 0 Å². The molecule has 0 aromatic rings. The highest BCUT2D eigenvalue weighted by Gasteiger charge is 1.81. The van der Waals surface area contributed by atoms with E-state index in [0.717, 1.165) is 6.54 Å². The molecule has 0 amide bonds. The molecular weight excluding hydrogens is 174 g/mol. The second-order valence-electron chi connectivity index (χ2n) is 1.99. The molecule has 80 valence electrons. The molecule has 0 saturated heterocycles. The van der Waals surface area contributed by atoms with Crippen molar-refractivity contribution in [3.8, 4) is 0 Å². The zero-order valence-electron chi connectivity index (χ0n) is 8.28. The highest BCUT2D eigenvalue weighted by molar-refractivity contribution is 5.36. The van der Waals surface area contributed by atoms with Crippen LogP contribution in [0.2, 0.25) is 0 Å². The first-order valence-electron chi connectivity index (χ1n) is 4.21. The minimum atomic E-state index is 0.115. The van der Waals surface area contributed by atoms with Crippen LogP contribution in [0, 0.1) is 0 Å². The summed E-state index contributed by atoms with van der Waals surface area (Å²) in [6.45, 7) is 4.75. The molecule has 0 saturated carbocycles. The Kier molecular flexibility index (Phi) is 19.9. The maximum atomic E-state index is 9.18. The number of hydrogen-bond donors (Lipinski definition) is 2. The van der Waals surface area contributed by atoms with Gasteiger partial charge in [0.1, 0.15) is 0 Å². The smallest absolute Gasteiger partial charge is 0.293 e. The predicted molar refractivity (Wildman–Crippen MR) is 49.5 cm³/mol. The fraction of sp³-hybridized carbons (Fsp3) is 0.875. The van der Waals surface area contributed by atoms with Crippen molar-refractivity contribution in [1.82, 2.24) is 5.32 Å². The summed E-state index contributed by atoms with van der Waals surface area (Å²) in [5.41, 5.74) is 0. The van der Waals surface area contributed by atoms with E-state index in [1.807, 2.05) is 7.05 Å². The molecule has 0 rings (SSSR count). The van der Waals surface area contributed by atoms with Crippen LogP contribution < -0.4 is 5.32 Å². The molecule has 0 aromatic carbocycles. The maximum absolute atomic E-state index is 9.18. The molecule has 0 aliphatic rings. The van der Waals surface area contributed by atoms with Crippen molar-refractivity contribution in [3.63, 3.8) is 0 Å². The minimum absolute atomic E-state index is 0.115. The lowest BCUT2D eigenvalue weighted by Crippen LogP contribution is -2.15. The summed E-state index contributed by atoms with van der Waals surface area (Å²) in [6.07, 6.45) is 0.